The van der Waals surface area contributed by atoms with Gasteiger partial charge in [0.15, 0.2) is 0 Å². The summed E-state index contributed by atoms with van der Waals surface area (Å²) in [5.41, 5.74) is 0.400. The molecule has 0 aliphatic rings. The summed E-state index contributed by atoms with van der Waals surface area (Å²) in [4.78, 5) is 12.1. The Morgan fingerprint density at radius 2 is 1.94 bits per heavy atom. The number of hydrogen-bond donors (Lipinski definition) is 1. The first kappa shape index (κ1) is 11.4. The third-order valence-corrected chi connectivity index (χ3v) is 4.00. The number of benzene rings is 2. The van der Waals surface area contributed by atoms with Gasteiger partial charge in [-0.05, 0) is 23.1 Å². The Kier molecular flexibility index (Phi) is 3.41. The zero-order valence-electron chi connectivity index (χ0n) is 8.64. The Bertz CT molecular complexity index is 538. The van der Waals surface area contributed by atoms with Gasteiger partial charge in [0, 0.05) is 4.90 Å². The Balaban J connectivity index is 2.73. The summed E-state index contributed by atoms with van der Waals surface area (Å²) in [5, 5.41) is 11.0. The number of aromatic carboxylic acids is 1. The monoisotopic (exact) mass is 250 g/mol. The van der Waals surface area contributed by atoms with Crippen LogP contribution in [0.25, 0.3) is 10.8 Å². The molecule has 82 valence electrons. The molecule has 0 amide bonds. The second-order valence-electron chi connectivity index (χ2n) is 3.21. The van der Waals surface area contributed by atoms with Gasteiger partial charge >= 0.3 is 5.97 Å². The van der Waals surface area contributed by atoms with E-state index in [9.17, 15) is 9.90 Å². The van der Waals surface area contributed by atoms with E-state index in [4.69, 9.17) is 0 Å². The lowest BCUT2D eigenvalue weighted by atomic mass is 10.0. The predicted octanol–water partition coefficient (Wildman–Crippen LogP) is 3.91. The average Bonchev–Trinajstić information content (AvgIpc) is 2.28. The lowest BCUT2D eigenvalue weighted by molar-refractivity contribution is 0.0695. The molecule has 0 spiro atoms. The zero-order chi connectivity index (χ0) is 11.5. The minimum atomic E-state index is -0.867. The first-order valence-electron chi connectivity index (χ1n) is 4.69. The summed E-state index contributed by atoms with van der Waals surface area (Å²) >= 11 is 0. The fourth-order valence-corrected chi connectivity index (χ4v) is 3.17. The van der Waals surface area contributed by atoms with Gasteiger partial charge in [-0.3, -0.25) is 0 Å². The van der Waals surface area contributed by atoms with Gasteiger partial charge in [-0.25, -0.2) is 4.79 Å². The molecule has 0 aromatic heterocycles. The lowest BCUT2D eigenvalue weighted by Crippen LogP contribution is -1.99. The highest BCUT2D eigenvalue weighted by molar-refractivity contribution is 8.76. The summed E-state index contributed by atoms with van der Waals surface area (Å²) in [6, 6.07) is 11.4. The highest BCUT2D eigenvalue weighted by Gasteiger charge is 2.14. The molecule has 2 rings (SSSR count). The number of carboxylic acid groups (broad SMARTS) is 1. The van der Waals surface area contributed by atoms with Crippen LogP contribution in [0.4, 0.5) is 0 Å². The van der Waals surface area contributed by atoms with E-state index in [-0.39, 0.29) is 0 Å². The van der Waals surface area contributed by atoms with Crippen molar-refractivity contribution in [2.24, 2.45) is 0 Å². The van der Waals surface area contributed by atoms with Crippen molar-refractivity contribution >= 4 is 38.3 Å². The van der Waals surface area contributed by atoms with Gasteiger partial charge in [0.05, 0.1) is 5.56 Å². The molecule has 2 aromatic carbocycles. The van der Waals surface area contributed by atoms with E-state index in [0.717, 1.165) is 15.7 Å². The maximum Gasteiger partial charge on any atom is 0.337 e. The van der Waals surface area contributed by atoms with Crippen LogP contribution in [0.5, 0.6) is 0 Å². The Hall–Kier alpha value is -1.13. The summed E-state index contributed by atoms with van der Waals surface area (Å²) in [7, 11) is 3.03. The van der Waals surface area contributed by atoms with Crippen LogP contribution in [0.3, 0.4) is 0 Å². The summed E-state index contributed by atoms with van der Waals surface area (Å²) in [6.07, 6.45) is 1.94. The van der Waals surface area contributed by atoms with Crippen molar-refractivity contribution < 1.29 is 9.90 Å². The molecule has 0 aliphatic carbocycles. The van der Waals surface area contributed by atoms with Gasteiger partial charge in [0.25, 0.3) is 0 Å². The number of hydrogen-bond acceptors (Lipinski definition) is 3. The number of rotatable bonds is 3. The normalized spacial score (nSPS) is 10.6. The summed E-state index contributed by atoms with van der Waals surface area (Å²) in [5.74, 6) is -0.867. The van der Waals surface area contributed by atoms with Crippen LogP contribution in [-0.4, -0.2) is 17.3 Å². The number of carboxylic acids is 1. The fourth-order valence-electron chi connectivity index (χ4n) is 1.63. The van der Waals surface area contributed by atoms with E-state index in [1.165, 1.54) is 10.8 Å². The molecule has 0 atom stereocenters. The molecular formula is C12H10O2S2. The molecule has 0 saturated carbocycles. The van der Waals surface area contributed by atoms with E-state index < -0.39 is 5.97 Å². The zero-order valence-corrected chi connectivity index (χ0v) is 10.3. The minimum Gasteiger partial charge on any atom is -0.478 e. The van der Waals surface area contributed by atoms with Crippen LogP contribution < -0.4 is 0 Å². The van der Waals surface area contributed by atoms with E-state index in [2.05, 4.69) is 0 Å². The Morgan fingerprint density at radius 1 is 1.19 bits per heavy atom. The minimum absolute atomic E-state index is 0.400. The Morgan fingerprint density at radius 3 is 2.62 bits per heavy atom. The highest BCUT2D eigenvalue weighted by atomic mass is 33.1. The smallest absolute Gasteiger partial charge is 0.337 e. The molecule has 16 heavy (non-hydrogen) atoms. The van der Waals surface area contributed by atoms with Crippen molar-refractivity contribution in [3.63, 3.8) is 0 Å². The maximum atomic E-state index is 11.3. The maximum absolute atomic E-state index is 11.3. The molecule has 1 N–H and O–H groups in total. The van der Waals surface area contributed by atoms with Crippen molar-refractivity contribution in [2.45, 2.75) is 4.90 Å². The third kappa shape index (κ3) is 2.03. The van der Waals surface area contributed by atoms with Crippen LogP contribution in [0.2, 0.25) is 0 Å². The summed E-state index contributed by atoms with van der Waals surface area (Å²) < 4.78 is 0. The predicted molar refractivity (Wildman–Crippen MR) is 70.3 cm³/mol. The number of carbonyl (C=O) groups is 1. The molecule has 4 heteroatoms. The molecule has 0 unspecified atom stereocenters. The molecule has 0 heterocycles. The highest BCUT2D eigenvalue weighted by Crippen LogP contribution is 2.35. The molecular weight excluding hydrogens is 240 g/mol. The molecule has 0 radical (unpaired) electrons. The van der Waals surface area contributed by atoms with E-state index in [0.29, 0.717) is 5.56 Å². The second kappa shape index (κ2) is 4.80. The molecule has 0 bridgehead atoms. The standard InChI is InChI=1S/C12H10O2S2/c1-15-16-10-7-6-8-4-2-3-5-9(8)11(10)12(13)14/h2-7H,1H3,(H,13,14). The number of fused-ring (bicyclic) bond motifs is 1. The van der Waals surface area contributed by atoms with Crippen molar-refractivity contribution in [1.82, 2.24) is 0 Å². The van der Waals surface area contributed by atoms with Gasteiger partial charge in [0.1, 0.15) is 0 Å². The van der Waals surface area contributed by atoms with Crippen LogP contribution >= 0.6 is 21.6 Å². The van der Waals surface area contributed by atoms with Crippen molar-refractivity contribution in [3.8, 4) is 0 Å². The van der Waals surface area contributed by atoms with Crippen LogP contribution in [0, 0.1) is 0 Å². The van der Waals surface area contributed by atoms with E-state index in [1.54, 1.807) is 10.8 Å². The van der Waals surface area contributed by atoms with Gasteiger partial charge in [-0.1, -0.05) is 51.9 Å². The van der Waals surface area contributed by atoms with E-state index >= 15 is 0 Å². The quantitative estimate of drug-likeness (QED) is 0.838. The van der Waals surface area contributed by atoms with Crippen molar-refractivity contribution in [1.29, 1.82) is 0 Å². The second-order valence-corrected chi connectivity index (χ2v) is 5.65. The molecule has 2 aromatic rings. The van der Waals surface area contributed by atoms with Crippen LogP contribution in [0.1, 0.15) is 10.4 Å². The lowest BCUT2D eigenvalue weighted by Gasteiger charge is -2.07. The first-order valence-corrected chi connectivity index (χ1v) is 7.25. The fraction of sp³-hybridized carbons (Fsp3) is 0.0833. The topological polar surface area (TPSA) is 37.3 Å². The molecule has 2 nitrogen and oxygen atoms in total. The van der Waals surface area contributed by atoms with Gasteiger partial charge in [-0.2, -0.15) is 0 Å². The van der Waals surface area contributed by atoms with Gasteiger partial charge < -0.3 is 5.11 Å². The van der Waals surface area contributed by atoms with Crippen LogP contribution in [-0.2, 0) is 0 Å². The Labute approximate surface area is 101 Å². The van der Waals surface area contributed by atoms with Crippen LogP contribution in [0.15, 0.2) is 41.3 Å². The van der Waals surface area contributed by atoms with Crippen molar-refractivity contribution in [3.05, 3.63) is 42.0 Å². The first-order chi connectivity index (χ1) is 7.74. The molecule has 0 aliphatic heterocycles. The average molecular weight is 250 g/mol. The van der Waals surface area contributed by atoms with E-state index in [1.807, 2.05) is 42.7 Å². The van der Waals surface area contributed by atoms with Crippen molar-refractivity contribution in [2.75, 3.05) is 6.26 Å². The third-order valence-electron chi connectivity index (χ3n) is 2.28. The molecule has 0 saturated heterocycles. The SMILES string of the molecule is CSSc1ccc2ccccc2c1C(=O)O. The summed E-state index contributed by atoms with van der Waals surface area (Å²) in [6.45, 7) is 0. The molecule has 0 fully saturated rings. The van der Waals surface area contributed by atoms with Gasteiger partial charge in [0.2, 0.25) is 0 Å². The van der Waals surface area contributed by atoms with Gasteiger partial charge in [-0.15, -0.1) is 0 Å². The largest absolute Gasteiger partial charge is 0.478 e.